The second-order valence-corrected chi connectivity index (χ2v) is 11.6. The first-order valence-electron chi connectivity index (χ1n) is 15.3. The Balaban J connectivity index is 1.26. The molecule has 2 N–H and O–H groups in total. The lowest BCUT2D eigenvalue weighted by Gasteiger charge is -2.39. The zero-order valence-corrected chi connectivity index (χ0v) is 25.9. The number of piperidine rings is 1. The van der Waals surface area contributed by atoms with Gasteiger partial charge in [-0.05, 0) is 53.6 Å². The Kier molecular flexibility index (Phi) is 8.07. The van der Waals surface area contributed by atoms with Gasteiger partial charge in [-0.2, -0.15) is 0 Å². The minimum atomic E-state index is -0.648. The van der Waals surface area contributed by atoms with Crippen LogP contribution in [0.15, 0.2) is 79.3 Å². The largest absolute Gasteiger partial charge is 0.496 e. The highest BCUT2D eigenvalue weighted by Gasteiger charge is 2.34. The van der Waals surface area contributed by atoms with Crippen molar-refractivity contribution in [1.29, 1.82) is 0 Å². The third-order valence-corrected chi connectivity index (χ3v) is 8.58. The Morgan fingerprint density at radius 2 is 1.87 bits per heavy atom. The molecule has 12 heteroatoms. The van der Waals surface area contributed by atoms with Crippen LogP contribution < -0.4 is 29.7 Å². The maximum Gasteiger partial charge on any atom is 0.258 e. The van der Waals surface area contributed by atoms with Crippen LogP contribution in [-0.2, 0) is 18.4 Å². The monoisotopic (exact) mass is 636 g/mol. The van der Waals surface area contributed by atoms with E-state index in [1.807, 2.05) is 36.0 Å². The van der Waals surface area contributed by atoms with E-state index >= 15 is 4.39 Å². The summed E-state index contributed by atoms with van der Waals surface area (Å²) in [4.78, 5) is 37.6. The standard InChI is InChI=1S/C35H33FN6O5/c1-41-12-10-26-33(41)38-20-39-34(26)42-13-11-30-29(18-42)40-35(44)27-15-22(7-9-28(27)36)21-4-3-5-24(14-21)46-19-32(43)37-17-23-6-8-25(47-30)16-31(23)45-2/h3-10,12,14-16,20,29-30H,11,13,17-19H2,1-2H3,(H,37,43)(H,40,44)/t29-,30+/m1/s1. The molecule has 3 aromatic carbocycles. The molecule has 1 saturated heterocycles. The van der Waals surface area contributed by atoms with E-state index in [0.29, 0.717) is 47.9 Å². The summed E-state index contributed by atoms with van der Waals surface area (Å²) in [5, 5.41) is 6.84. The maximum atomic E-state index is 15.3. The lowest BCUT2D eigenvalue weighted by atomic mass is 9.99. The fraction of sp³-hybridized carbons (Fsp3) is 0.257. The van der Waals surface area contributed by atoms with Gasteiger partial charge in [0.05, 0.1) is 24.1 Å². The predicted octanol–water partition coefficient (Wildman–Crippen LogP) is 4.25. The Morgan fingerprint density at radius 1 is 1.00 bits per heavy atom. The van der Waals surface area contributed by atoms with E-state index in [1.54, 1.807) is 43.5 Å². The summed E-state index contributed by atoms with van der Waals surface area (Å²) in [5.74, 6) is 0.760. The molecule has 47 heavy (non-hydrogen) atoms. The van der Waals surface area contributed by atoms with Gasteiger partial charge < -0.3 is 34.3 Å². The number of methoxy groups -OCH3 is 1. The molecule has 8 rings (SSSR count). The van der Waals surface area contributed by atoms with Crippen molar-refractivity contribution in [2.45, 2.75) is 25.1 Å². The number of carbonyl (C=O) groups is 2. The van der Waals surface area contributed by atoms with Crippen LogP contribution >= 0.6 is 0 Å². The summed E-state index contributed by atoms with van der Waals surface area (Å²) in [6.45, 7) is 0.990. The molecule has 1 fully saturated rings. The molecule has 3 aliphatic heterocycles. The normalized spacial score (nSPS) is 18.4. The van der Waals surface area contributed by atoms with E-state index in [2.05, 4.69) is 25.5 Å². The molecule has 11 nitrogen and oxygen atoms in total. The van der Waals surface area contributed by atoms with Gasteiger partial charge in [0.25, 0.3) is 11.8 Å². The molecule has 5 aromatic rings. The number of carbonyl (C=O) groups excluding carboxylic acids is 2. The number of ether oxygens (including phenoxy) is 3. The molecule has 0 radical (unpaired) electrons. The number of anilines is 1. The summed E-state index contributed by atoms with van der Waals surface area (Å²) in [5.41, 5.74) is 2.78. The molecule has 0 saturated carbocycles. The SMILES string of the molecule is COc1cc2ccc1CNC(=O)COc1cccc(c1)-c1ccc(F)c(c1)C(=O)N[C@@H]1CN(c3ncnc4c3ccn4C)CC[C@@H]1O2. The number of nitrogens with one attached hydrogen (secondary N) is 2. The molecule has 0 spiro atoms. The quantitative estimate of drug-likeness (QED) is 0.295. The van der Waals surface area contributed by atoms with Gasteiger partial charge in [0.15, 0.2) is 6.61 Å². The summed E-state index contributed by atoms with van der Waals surface area (Å²) >= 11 is 0. The highest BCUT2D eigenvalue weighted by atomic mass is 19.1. The fourth-order valence-electron chi connectivity index (χ4n) is 6.12. The predicted molar refractivity (Wildman–Crippen MR) is 173 cm³/mol. The molecule has 2 aromatic heterocycles. The van der Waals surface area contributed by atoms with Crippen molar-refractivity contribution in [1.82, 2.24) is 25.2 Å². The Hall–Kier alpha value is -5.65. The minimum Gasteiger partial charge on any atom is -0.496 e. The second kappa shape index (κ2) is 12.6. The van der Waals surface area contributed by atoms with Crippen molar-refractivity contribution in [3.63, 3.8) is 0 Å². The number of benzene rings is 3. The molecular formula is C35H33FN6O5. The Labute approximate surface area is 270 Å². The van der Waals surface area contributed by atoms with Crippen molar-refractivity contribution >= 4 is 28.7 Å². The van der Waals surface area contributed by atoms with Gasteiger partial charge in [-0.15, -0.1) is 0 Å². The van der Waals surface area contributed by atoms with E-state index in [0.717, 1.165) is 22.4 Å². The molecule has 3 aliphatic rings. The highest BCUT2D eigenvalue weighted by molar-refractivity contribution is 5.96. The number of halogens is 1. The number of amides is 2. The number of hydrogen-bond donors (Lipinski definition) is 2. The Morgan fingerprint density at radius 3 is 2.74 bits per heavy atom. The van der Waals surface area contributed by atoms with Crippen LogP contribution in [0.3, 0.4) is 0 Å². The molecule has 2 amide bonds. The number of hydrogen-bond acceptors (Lipinski definition) is 8. The summed E-state index contributed by atoms with van der Waals surface area (Å²) in [7, 11) is 3.48. The van der Waals surface area contributed by atoms with Crippen LogP contribution in [0.4, 0.5) is 10.2 Å². The molecule has 240 valence electrons. The average molecular weight is 637 g/mol. The summed E-state index contributed by atoms with van der Waals surface area (Å²) < 4.78 is 35.1. The van der Waals surface area contributed by atoms with E-state index < -0.39 is 23.9 Å². The zero-order valence-electron chi connectivity index (χ0n) is 25.9. The zero-order chi connectivity index (χ0) is 32.5. The number of rotatable bonds is 2. The van der Waals surface area contributed by atoms with E-state index in [1.165, 1.54) is 18.5 Å². The van der Waals surface area contributed by atoms with Crippen LogP contribution in [0, 0.1) is 5.82 Å². The Bertz CT molecular complexity index is 1980. The third-order valence-electron chi connectivity index (χ3n) is 8.58. The molecule has 5 heterocycles. The van der Waals surface area contributed by atoms with Crippen LogP contribution in [0.2, 0.25) is 0 Å². The maximum absolute atomic E-state index is 15.3. The van der Waals surface area contributed by atoms with Crippen molar-refractivity contribution in [2.24, 2.45) is 7.05 Å². The molecular weight excluding hydrogens is 603 g/mol. The van der Waals surface area contributed by atoms with E-state index in [4.69, 9.17) is 14.2 Å². The topological polar surface area (TPSA) is 120 Å². The van der Waals surface area contributed by atoms with Crippen LogP contribution in [0.1, 0.15) is 22.3 Å². The smallest absolute Gasteiger partial charge is 0.258 e. The summed E-state index contributed by atoms with van der Waals surface area (Å²) in [6.07, 6.45) is 3.55. The van der Waals surface area contributed by atoms with Gasteiger partial charge in [-0.3, -0.25) is 9.59 Å². The van der Waals surface area contributed by atoms with Crippen molar-refractivity contribution in [2.75, 3.05) is 31.7 Å². The number of fused-ring (bicyclic) bond motifs is 8. The lowest BCUT2D eigenvalue weighted by Crippen LogP contribution is -2.57. The fourth-order valence-corrected chi connectivity index (χ4v) is 6.12. The van der Waals surface area contributed by atoms with Gasteiger partial charge in [-0.25, -0.2) is 14.4 Å². The molecule has 6 bridgehead atoms. The van der Waals surface area contributed by atoms with Gasteiger partial charge >= 0.3 is 0 Å². The van der Waals surface area contributed by atoms with E-state index in [9.17, 15) is 9.59 Å². The van der Waals surface area contributed by atoms with Crippen LogP contribution in [-0.4, -0.2) is 65.3 Å². The van der Waals surface area contributed by atoms with Crippen molar-refractivity contribution in [3.8, 4) is 28.4 Å². The first-order chi connectivity index (χ1) is 22.9. The van der Waals surface area contributed by atoms with Gasteiger partial charge in [-0.1, -0.05) is 18.2 Å². The summed E-state index contributed by atoms with van der Waals surface area (Å²) in [6, 6.07) is 18.3. The first-order valence-corrected chi connectivity index (χ1v) is 15.3. The molecule has 2 atom stereocenters. The number of nitrogens with zero attached hydrogens (tertiary/aromatic N) is 4. The van der Waals surface area contributed by atoms with Crippen molar-refractivity contribution in [3.05, 3.63) is 96.2 Å². The second-order valence-electron chi connectivity index (χ2n) is 11.6. The third kappa shape index (κ3) is 6.14. The first kappa shape index (κ1) is 30.0. The highest BCUT2D eigenvalue weighted by Crippen LogP contribution is 2.31. The average Bonchev–Trinajstić information content (AvgIpc) is 3.47. The van der Waals surface area contributed by atoms with E-state index in [-0.39, 0.29) is 24.6 Å². The van der Waals surface area contributed by atoms with Crippen LogP contribution in [0.5, 0.6) is 17.2 Å². The lowest BCUT2D eigenvalue weighted by molar-refractivity contribution is -0.123. The van der Waals surface area contributed by atoms with Gasteiger partial charge in [0, 0.05) is 50.9 Å². The minimum absolute atomic E-state index is 0.100. The molecule has 0 unspecified atom stereocenters. The van der Waals surface area contributed by atoms with Crippen molar-refractivity contribution < 1.29 is 28.2 Å². The van der Waals surface area contributed by atoms with Gasteiger partial charge in [0.2, 0.25) is 0 Å². The van der Waals surface area contributed by atoms with Crippen LogP contribution in [0.25, 0.3) is 22.2 Å². The van der Waals surface area contributed by atoms with Gasteiger partial charge in [0.1, 0.15) is 47.0 Å². The number of aryl methyl sites for hydroxylation is 1. The number of aromatic nitrogens is 3. The molecule has 0 aliphatic carbocycles.